The van der Waals surface area contributed by atoms with Gasteiger partial charge in [-0.15, -0.1) is 0 Å². The quantitative estimate of drug-likeness (QED) is 0.429. The average molecular weight is 408 g/mol. The minimum Gasteiger partial charge on any atom is -0.350 e. The van der Waals surface area contributed by atoms with E-state index in [1.165, 1.54) is 18.2 Å². The molecule has 0 unspecified atom stereocenters. The van der Waals surface area contributed by atoms with Gasteiger partial charge in [0.2, 0.25) is 5.95 Å². The lowest BCUT2D eigenvalue weighted by molar-refractivity contribution is 0.612. The van der Waals surface area contributed by atoms with Crippen LogP contribution in [0.15, 0.2) is 54.7 Å². The standard InChI is InChI=1S/C22H22F2N6/c23-17-8-5-7-15(12-17)20-28-19-14-27-22(26-13-16-6-1-2-9-18(16)24)29-21(19)30(20)11-4-3-10-25/h1-2,5-9,12,14H,3-4,10-11,13,25H2,(H,26,27,29). The Bertz CT molecular complexity index is 1160. The Hall–Kier alpha value is -3.39. The summed E-state index contributed by atoms with van der Waals surface area (Å²) in [6, 6.07) is 12.9. The molecule has 0 aliphatic carbocycles. The zero-order valence-electron chi connectivity index (χ0n) is 16.4. The Morgan fingerprint density at radius 3 is 2.67 bits per heavy atom. The fourth-order valence-electron chi connectivity index (χ4n) is 3.29. The summed E-state index contributed by atoms with van der Waals surface area (Å²) < 4.78 is 29.6. The second-order valence-electron chi connectivity index (χ2n) is 6.94. The van der Waals surface area contributed by atoms with Crippen LogP contribution in [0.4, 0.5) is 14.7 Å². The highest BCUT2D eigenvalue weighted by Gasteiger charge is 2.15. The number of anilines is 1. The first-order valence-electron chi connectivity index (χ1n) is 9.82. The zero-order valence-corrected chi connectivity index (χ0v) is 16.4. The molecule has 8 heteroatoms. The van der Waals surface area contributed by atoms with Gasteiger partial charge in [0.15, 0.2) is 5.65 Å². The van der Waals surface area contributed by atoms with Crippen molar-refractivity contribution in [3.8, 4) is 11.4 Å². The number of aromatic nitrogens is 4. The molecule has 2 aromatic carbocycles. The van der Waals surface area contributed by atoms with Gasteiger partial charge in [0.05, 0.1) is 6.20 Å². The molecule has 30 heavy (non-hydrogen) atoms. The van der Waals surface area contributed by atoms with Crippen molar-refractivity contribution >= 4 is 17.1 Å². The highest BCUT2D eigenvalue weighted by Crippen LogP contribution is 2.25. The van der Waals surface area contributed by atoms with E-state index in [4.69, 9.17) is 5.73 Å². The van der Waals surface area contributed by atoms with E-state index in [1.54, 1.807) is 30.5 Å². The predicted molar refractivity (Wildman–Crippen MR) is 113 cm³/mol. The van der Waals surface area contributed by atoms with E-state index in [1.807, 2.05) is 10.6 Å². The molecule has 2 heterocycles. The van der Waals surface area contributed by atoms with Gasteiger partial charge in [-0.25, -0.2) is 18.7 Å². The average Bonchev–Trinajstić information content (AvgIpc) is 3.11. The van der Waals surface area contributed by atoms with Gasteiger partial charge < -0.3 is 15.6 Å². The summed E-state index contributed by atoms with van der Waals surface area (Å²) in [5.41, 5.74) is 8.08. The normalized spacial score (nSPS) is 11.2. The van der Waals surface area contributed by atoms with Crippen LogP contribution in [0.1, 0.15) is 18.4 Å². The van der Waals surface area contributed by atoms with Gasteiger partial charge in [0.25, 0.3) is 0 Å². The molecular formula is C22H22F2N6. The second kappa shape index (κ2) is 8.96. The van der Waals surface area contributed by atoms with Crippen LogP contribution in [0, 0.1) is 11.6 Å². The topological polar surface area (TPSA) is 81.7 Å². The highest BCUT2D eigenvalue weighted by atomic mass is 19.1. The molecule has 2 aromatic heterocycles. The number of unbranched alkanes of at least 4 members (excludes halogenated alkanes) is 1. The molecule has 0 fully saturated rings. The van der Waals surface area contributed by atoms with E-state index in [-0.39, 0.29) is 18.2 Å². The third kappa shape index (κ3) is 4.28. The summed E-state index contributed by atoms with van der Waals surface area (Å²) in [5, 5.41) is 3.06. The lowest BCUT2D eigenvalue weighted by Gasteiger charge is -2.10. The van der Waals surface area contributed by atoms with E-state index >= 15 is 0 Å². The molecule has 3 N–H and O–H groups in total. The molecule has 0 amide bonds. The Balaban J connectivity index is 1.68. The number of nitrogens with one attached hydrogen (secondary N) is 1. The lowest BCUT2D eigenvalue weighted by atomic mass is 10.2. The molecule has 0 aliphatic rings. The fourth-order valence-corrected chi connectivity index (χ4v) is 3.29. The summed E-state index contributed by atoms with van der Waals surface area (Å²) in [6.07, 6.45) is 3.31. The number of benzene rings is 2. The summed E-state index contributed by atoms with van der Waals surface area (Å²) >= 11 is 0. The summed E-state index contributed by atoms with van der Waals surface area (Å²) in [4.78, 5) is 13.5. The Kier molecular flexibility index (Phi) is 5.94. The fraction of sp³-hybridized carbons (Fsp3) is 0.227. The smallest absolute Gasteiger partial charge is 0.225 e. The number of nitrogens with zero attached hydrogens (tertiary/aromatic N) is 4. The van der Waals surface area contributed by atoms with Gasteiger partial charge in [-0.2, -0.15) is 4.98 Å². The maximum Gasteiger partial charge on any atom is 0.225 e. The zero-order chi connectivity index (χ0) is 20.9. The first-order chi connectivity index (χ1) is 14.7. The molecule has 0 atom stereocenters. The van der Waals surface area contributed by atoms with Crippen molar-refractivity contribution < 1.29 is 8.78 Å². The van der Waals surface area contributed by atoms with Gasteiger partial charge in [-0.05, 0) is 37.6 Å². The Morgan fingerprint density at radius 1 is 1.00 bits per heavy atom. The van der Waals surface area contributed by atoms with E-state index in [2.05, 4.69) is 20.3 Å². The SMILES string of the molecule is NCCCCn1c(-c2cccc(F)c2)nc2cnc(NCc3ccccc3F)nc21. The maximum absolute atomic E-state index is 13.9. The van der Waals surface area contributed by atoms with Crippen LogP contribution in [0.25, 0.3) is 22.6 Å². The van der Waals surface area contributed by atoms with Crippen LogP contribution in [-0.2, 0) is 13.1 Å². The molecule has 0 spiro atoms. The minimum absolute atomic E-state index is 0.260. The number of hydrogen-bond acceptors (Lipinski definition) is 5. The van der Waals surface area contributed by atoms with Crippen molar-refractivity contribution in [1.29, 1.82) is 0 Å². The first-order valence-corrected chi connectivity index (χ1v) is 9.82. The van der Waals surface area contributed by atoms with Gasteiger partial charge in [-0.3, -0.25) is 0 Å². The van der Waals surface area contributed by atoms with Gasteiger partial charge >= 0.3 is 0 Å². The van der Waals surface area contributed by atoms with E-state index < -0.39 is 0 Å². The van der Waals surface area contributed by atoms with E-state index in [9.17, 15) is 8.78 Å². The summed E-state index contributed by atoms with van der Waals surface area (Å²) in [6.45, 7) is 1.49. The van der Waals surface area contributed by atoms with E-state index in [0.717, 1.165) is 12.8 Å². The van der Waals surface area contributed by atoms with Gasteiger partial charge in [-0.1, -0.05) is 30.3 Å². The van der Waals surface area contributed by atoms with Gasteiger partial charge in [0, 0.05) is 24.2 Å². The van der Waals surface area contributed by atoms with Crippen molar-refractivity contribution in [3.63, 3.8) is 0 Å². The molecule has 4 rings (SSSR count). The maximum atomic E-state index is 13.9. The number of aryl methyl sites for hydroxylation is 1. The van der Waals surface area contributed by atoms with Crippen molar-refractivity contribution in [2.24, 2.45) is 5.73 Å². The summed E-state index contributed by atoms with van der Waals surface area (Å²) in [7, 11) is 0. The number of imidazole rings is 1. The molecule has 6 nitrogen and oxygen atoms in total. The number of nitrogens with two attached hydrogens (primary N) is 1. The van der Waals surface area contributed by atoms with Crippen molar-refractivity contribution in [3.05, 3.63) is 71.9 Å². The third-order valence-electron chi connectivity index (χ3n) is 4.80. The van der Waals surface area contributed by atoms with Crippen LogP contribution in [-0.4, -0.2) is 26.1 Å². The summed E-state index contributed by atoms with van der Waals surface area (Å²) in [5.74, 6) is 0.385. The number of halogens is 2. The van der Waals surface area contributed by atoms with E-state index in [0.29, 0.717) is 47.2 Å². The third-order valence-corrected chi connectivity index (χ3v) is 4.80. The van der Waals surface area contributed by atoms with Crippen LogP contribution in [0.3, 0.4) is 0 Å². The highest BCUT2D eigenvalue weighted by molar-refractivity contribution is 5.77. The second-order valence-corrected chi connectivity index (χ2v) is 6.94. The largest absolute Gasteiger partial charge is 0.350 e. The predicted octanol–water partition coefficient (Wildman–Crippen LogP) is 4.12. The van der Waals surface area contributed by atoms with Crippen LogP contribution in [0.2, 0.25) is 0 Å². The minimum atomic E-state index is -0.327. The molecule has 0 radical (unpaired) electrons. The number of hydrogen-bond donors (Lipinski definition) is 2. The molecule has 4 aromatic rings. The van der Waals surface area contributed by atoms with Crippen LogP contribution < -0.4 is 11.1 Å². The monoisotopic (exact) mass is 408 g/mol. The van der Waals surface area contributed by atoms with Crippen LogP contribution in [0.5, 0.6) is 0 Å². The molecule has 0 bridgehead atoms. The van der Waals surface area contributed by atoms with Crippen molar-refractivity contribution in [2.45, 2.75) is 25.9 Å². The van der Waals surface area contributed by atoms with Crippen LogP contribution >= 0.6 is 0 Å². The Labute approximate surface area is 172 Å². The first kappa shape index (κ1) is 19.9. The van der Waals surface area contributed by atoms with Gasteiger partial charge in [0.1, 0.15) is 23.0 Å². The lowest BCUT2D eigenvalue weighted by Crippen LogP contribution is -2.08. The van der Waals surface area contributed by atoms with Crippen molar-refractivity contribution in [2.75, 3.05) is 11.9 Å². The molecule has 0 aliphatic heterocycles. The molecular weight excluding hydrogens is 386 g/mol. The molecule has 0 saturated carbocycles. The molecule has 0 saturated heterocycles. The Morgan fingerprint density at radius 2 is 1.87 bits per heavy atom. The number of fused-ring (bicyclic) bond motifs is 1. The molecule has 154 valence electrons. The number of rotatable bonds is 8. The van der Waals surface area contributed by atoms with Crippen molar-refractivity contribution in [1.82, 2.24) is 19.5 Å².